The Balaban J connectivity index is -0.000000464. The second-order valence-corrected chi connectivity index (χ2v) is 8.58. The van der Waals surface area contributed by atoms with Gasteiger partial charge in [-0.2, -0.15) is 16.8 Å². The fourth-order valence-corrected chi connectivity index (χ4v) is 2.82. The first-order chi connectivity index (χ1) is 13.5. The molecular formula is C18H37NaO9S2. The Labute approximate surface area is 205 Å². The van der Waals surface area contributed by atoms with Crippen LogP contribution in [0.2, 0.25) is 0 Å². The van der Waals surface area contributed by atoms with Gasteiger partial charge in [-0.05, 0) is 32.1 Å². The number of unbranched alkanes of at least 4 members (excludes halogenated alkanes) is 11. The summed E-state index contributed by atoms with van der Waals surface area (Å²) in [4.78, 5) is 11.0. The van der Waals surface area contributed by atoms with Crippen molar-refractivity contribution in [2.24, 2.45) is 0 Å². The summed E-state index contributed by atoms with van der Waals surface area (Å²) in [5, 5.41) is 0. The van der Waals surface area contributed by atoms with Crippen LogP contribution in [-0.2, 0) is 29.8 Å². The molecule has 0 amide bonds. The van der Waals surface area contributed by atoms with Crippen LogP contribution >= 0.6 is 0 Å². The van der Waals surface area contributed by atoms with Gasteiger partial charge in [0.2, 0.25) is 0 Å². The molecule has 0 aliphatic rings. The molecule has 0 aliphatic heterocycles. The molecule has 0 bridgehead atoms. The molecule has 0 saturated heterocycles. The molecular weight excluding hydrogens is 447 g/mol. The fraction of sp³-hybridized carbons (Fsp3) is 0.833. The zero-order valence-corrected chi connectivity index (χ0v) is 21.8. The van der Waals surface area contributed by atoms with Crippen LogP contribution in [0.25, 0.3) is 0 Å². The number of hydrogen-bond donors (Lipinski definition) is 3. The van der Waals surface area contributed by atoms with Gasteiger partial charge in [-0.15, -0.1) is 0 Å². The maximum Gasteiger partial charge on any atom is 1.00 e. The summed E-state index contributed by atoms with van der Waals surface area (Å²) in [6.45, 7) is 2.24. The predicted octanol–water partition coefficient (Wildman–Crippen LogP) is 1.83. The Bertz CT molecular complexity index is 630. The maximum absolute atomic E-state index is 11.0. The van der Waals surface area contributed by atoms with Crippen molar-refractivity contribution in [1.29, 1.82) is 0 Å². The summed E-state index contributed by atoms with van der Waals surface area (Å²) in [5.41, 5.74) is 0. The number of carbonyl (C=O) groups excluding carboxylic acids is 1. The first kappa shape index (κ1) is 34.6. The van der Waals surface area contributed by atoms with Crippen molar-refractivity contribution in [3.05, 3.63) is 12.2 Å². The van der Waals surface area contributed by atoms with E-state index in [4.69, 9.17) is 22.1 Å². The van der Waals surface area contributed by atoms with Crippen LogP contribution in [0.4, 0.5) is 0 Å². The van der Waals surface area contributed by atoms with Gasteiger partial charge in [-0.1, -0.05) is 70.4 Å². The quantitative estimate of drug-likeness (QED) is 0.129. The molecule has 0 spiro atoms. The Morgan fingerprint density at radius 1 is 0.767 bits per heavy atom. The SMILES string of the molecule is CCCCCCCCC=CCCCCCCCC(=O)OS(=O)(=O)O.O=S(=O)(O)O.[H-].[Na+]. The van der Waals surface area contributed by atoms with Crippen molar-refractivity contribution in [3.8, 4) is 0 Å². The average Bonchev–Trinajstić information content (AvgIpc) is 2.55. The number of carbonyl (C=O) groups is 1. The fourth-order valence-electron chi connectivity index (χ4n) is 2.50. The molecule has 0 radical (unpaired) electrons. The van der Waals surface area contributed by atoms with Gasteiger partial charge in [-0.25, -0.2) is 0 Å². The molecule has 0 unspecified atom stereocenters. The third-order valence-electron chi connectivity index (χ3n) is 3.84. The van der Waals surface area contributed by atoms with E-state index in [1.54, 1.807) is 0 Å². The van der Waals surface area contributed by atoms with Crippen LogP contribution in [0.1, 0.15) is 98.2 Å². The van der Waals surface area contributed by atoms with E-state index in [1.165, 1.54) is 44.9 Å². The Kier molecular flexibility index (Phi) is 25.6. The summed E-state index contributed by atoms with van der Waals surface area (Å²) < 4.78 is 64.4. The van der Waals surface area contributed by atoms with Crippen molar-refractivity contribution in [2.75, 3.05) is 0 Å². The molecule has 9 nitrogen and oxygen atoms in total. The van der Waals surface area contributed by atoms with E-state index in [2.05, 4.69) is 23.3 Å². The topological polar surface area (TPSA) is 155 Å². The van der Waals surface area contributed by atoms with Gasteiger partial charge in [-0.3, -0.25) is 18.5 Å². The number of rotatable bonds is 16. The molecule has 0 heterocycles. The Hall–Kier alpha value is -0.0100. The molecule has 12 heteroatoms. The molecule has 0 aromatic heterocycles. The standard InChI is InChI=1S/C18H34O5S.Na.H2O4S.H/c1-2-3-4-5-6-7-8-9-10-11-12-13-14-15-16-17-18(19)23-24(20,21)22;;1-5(2,3)4;/h9-10H,2-8,11-17H2,1H3,(H,20,21,22);;(H2,1,2,3,4);/q;+1;;-1. The smallest absolute Gasteiger partial charge is 1.00 e. The molecule has 0 aromatic carbocycles. The van der Waals surface area contributed by atoms with Crippen molar-refractivity contribution in [2.45, 2.75) is 96.8 Å². The number of hydrogen-bond acceptors (Lipinski definition) is 6. The van der Waals surface area contributed by atoms with Crippen LogP contribution in [0, 0.1) is 0 Å². The molecule has 0 saturated carbocycles. The van der Waals surface area contributed by atoms with Crippen molar-refractivity contribution in [1.82, 2.24) is 0 Å². The van der Waals surface area contributed by atoms with Gasteiger partial charge in [0, 0.05) is 6.42 Å². The van der Waals surface area contributed by atoms with Gasteiger partial charge < -0.3 is 5.61 Å². The molecule has 30 heavy (non-hydrogen) atoms. The van der Waals surface area contributed by atoms with Crippen LogP contribution in [0.3, 0.4) is 0 Å². The summed E-state index contributed by atoms with van der Waals surface area (Å²) in [6, 6.07) is 0. The van der Waals surface area contributed by atoms with E-state index in [1.807, 2.05) is 0 Å². The summed E-state index contributed by atoms with van der Waals surface area (Å²) in [7, 11) is -9.32. The van der Waals surface area contributed by atoms with Crippen LogP contribution in [0.15, 0.2) is 12.2 Å². The van der Waals surface area contributed by atoms with Gasteiger partial charge in [0.1, 0.15) is 0 Å². The molecule has 3 N–H and O–H groups in total. The molecule has 0 fully saturated rings. The minimum absolute atomic E-state index is 0. The van der Waals surface area contributed by atoms with Crippen LogP contribution < -0.4 is 29.6 Å². The second kappa shape index (κ2) is 22.2. The molecule has 0 rings (SSSR count). The van der Waals surface area contributed by atoms with E-state index in [0.717, 1.165) is 32.1 Å². The zero-order chi connectivity index (χ0) is 22.6. The van der Waals surface area contributed by atoms with Gasteiger partial charge >= 0.3 is 56.3 Å². The van der Waals surface area contributed by atoms with Gasteiger partial charge in [0.05, 0.1) is 0 Å². The minimum atomic E-state index is -4.67. The van der Waals surface area contributed by atoms with E-state index in [0.29, 0.717) is 6.42 Å². The van der Waals surface area contributed by atoms with E-state index in [-0.39, 0.29) is 37.4 Å². The Morgan fingerprint density at radius 2 is 1.13 bits per heavy atom. The minimum Gasteiger partial charge on any atom is -1.00 e. The molecule has 176 valence electrons. The predicted molar refractivity (Wildman–Crippen MR) is 112 cm³/mol. The van der Waals surface area contributed by atoms with Crippen LogP contribution in [0.5, 0.6) is 0 Å². The van der Waals surface area contributed by atoms with Gasteiger partial charge in [0.25, 0.3) is 0 Å². The molecule has 0 aliphatic carbocycles. The third kappa shape index (κ3) is 42.2. The zero-order valence-electron chi connectivity index (χ0n) is 19.2. The summed E-state index contributed by atoms with van der Waals surface area (Å²) in [5.74, 6) is -0.893. The first-order valence-electron chi connectivity index (χ1n) is 10.00. The van der Waals surface area contributed by atoms with E-state index >= 15 is 0 Å². The normalized spacial score (nSPS) is 11.5. The molecule has 0 atom stereocenters. The van der Waals surface area contributed by atoms with Gasteiger partial charge in [0.15, 0.2) is 0 Å². The van der Waals surface area contributed by atoms with Crippen LogP contribution in [-0.4, -0.2) is 36.5 Å². The van der Waals surface area contributed by atoms with E-state index < -0.39 is 26.8 Å². The van der Waals surface area contributed by atoms with Crippen molar-refractivity contribution < 1.29 is 70.5 Å². The van der Waals surface area contributed by atoms with Crippen molar-refractivity contribution >= 4 is 26.8 Å². The second-order valence-electron chi connectivity index (χ2n) is 6.67. The largest absolute Gasteiger partial charge is 1.00 e. The maximum atomic E-state index is 11.0. The molecule has 0 aromatic rings. The number of allylic oxidation sites excluding steroid dienone is 2. The Morgan fingerprint density at radius 3 is 1.53 bits per heavy atom. The summed E-state index contributed by atoms with van der Waals surface area (Å²) in [6.07, 6.45) is 19.6. The monoisotopic (exact) mass is 484 g/mol. The van der Waals surface area contributed by atoms with Crippen molar-refractivity contribution in [3.63, 3.8) is 0 Å². The average molecular weight is 485 g/mol. The third-order valence-corrected chi connectivity index (χ3v) is 4.24. The first-order valence-corrected chi connectivity index (χ1v) is 12.8. The summed E-state index contributed by atoms with van der Waals surface area (Å²) >= 11 is 0. The van der Waals surface area contributed by atoms with E-state index in [9.17, 15) is 13.2 Å².